The first-order valence-corrected chi connectivity index (χ1v) is 7.41. The smallest absolute Gasteiger partial charge is 0.255 e. The van der Waals surface area contributed by atoms with E-state index >= 15 is 0 Å². The van der Waals surface area contributed by atoms with Crippen molar-refractivity contribution in [2.75, 3.05) is 12.4 Å². The van der Waals surface area contributed by atoms with Crippen molar-refractivity contribution < 1.29 is 9.59 Å². The molecule has 1 heterocycles. The minimum Gasteiger partial charge on any atom is -0.355 e. The number of aromatic nitrogens is 2. The van der Waals surface area contributed by atoms with Gasteiger partial charge in [0.1, 0.15) is 0 Å². The molecule has 2 N–H and O–H groups in total. The molecular weight excluding hydrogens is 304 g/mol. The lowest BCUT2D eigenvalue weighted by Crippen LogP contribution is -2.18. The van der Waals surface area contributed by atoms with Crippen LogP contribution in [-0.4, -0.2) is 28.6 Å². The van der Waals surface area contributed by atoms with E-state index in [2.05, 4.69) is 15.7 Å². The molecule has 2 aromatic carbocycles. The lowest BCUT2D eigenvalue weighted by Gasteiger charge is -2.08. The largest absolute Gasteiger partial charge is 0.355 e. The first kappa shape index (κ1) is 15.5. The zero-order valence-corrected chi connectivity index (χ0v) is 13.1. The number of rotatable bonds is 4. The highest BCUT2D eigenvalue weighted by Gasteiger charge is 2.09. The Morgan fingerprint density at radius 3 is 2.42 bits per heavy atom. The highest BCUT2D eigenvalue weighted by molar-refractivity contribution is 6.05. The van der Waals surface area contributed by atoms with Gasteiger partial charge in [0.2, 0.25) is 0 Å². The van der Waals surface area contributed by atoms with Gasteiger partial charge in [0.15, 0.2) is 0 Å². The molecule has 0 aliphatic carbocycles. The molecule has 2 amide bonds. The van der Waals surface area contributed by atoms with Crippen molar-refractivity contribution in [2.45, 2.75) is 0 Å². The Kier molecular flexibility index (Phi) is 4.38. The molecule has 6 nitrogen and oxygen atoms in total. The fourth-order valence-electron chi connectivity index (χ4n) is 2.27. The van der Waals surface area contributed by atoms with E-state index < -0.39 is 0 Å². The fourth-order valence-corrected chi connectivity index (χ4v) is 2.27. The summed E-state index contributed by atoms with van der Waals surface area (Å²) in [5, 5.41) is 9.48. The van der Waals surface area contributed by atoms with Gasteiger partial charge in [0, 0.05) is 36.3 Å². The number of hydrogen-bond donors (Lipinski definition) is 2. The van der Waals surface area contributed by atoms with Crippen molar-refractivity contribution in [3.8, 4) is 5.69 Å². The van der Waals surface area contributed by atoms with Gasteiger partial charge >= 0.3 is 0 Å². The Morgan fingerprint density at radius 1 is 0.958 bits per heavy atom. The van der Waals surface area contributed by atoms with Gasteiger partial charge in [-0.1, -0.05) is 6.07 Å². The molecule has 0 saturated carbocycles. The van der Waals surface area contributed by atoms with Crippen LogP contribution in [0.2, 0.25) is 0 Å². The Hall–Kier alpha value is -3.41. The molecule has 1 aromatic heterocycles. The zero-order valence-electron chi connectivity index (χ0n) is 13.1. The van der Waals surface area contributed by atoms with Crippen LogP contribution < -0.4 is 10.6 Å². The second-order valence-electron chi connectivity index (χ2n) is 5.11. The summed E-state index contributed by atoms with van der Waals surface area (Å²) < 4.78 is 1.72. The van der Waals surface area contributed by atoms with E-state index in [4.69, 9.17) is 0 Å². The van der Waals surface area contributed by atoms with Crippen LogP contribution in [0, 0.1) is 0 Å². The van der Waals surface area contributed by atoms with Gasteiger partial charge in [-0.15, -0.1) is 0 Å². The topological polar surface area (TPSA) is 76.0 Å². The second-order valence-corrected chi connectivity index (χ2v) is 5.11. The monoisotopic (exact) mass is 320 g/mol. The van der Waals surface area contributed by atoms with Crippen LogP contribution in [-0.2, 0) is 0 Å². The van der Waals surface area contributed by atoms with Crippen LogP contribution in [0.15, 0.2) is 67.0 Å². The summed E-state index contributed by atoms with van der Waals surface area (Å²) in [6.45, 7) is 0. The molecule has 0 aliphatic rings. The van der Waals surface area contributed by atoms with Crippen LogP contribution >= 0.6 is 0 Å². The first-order valence-electron chi connectivity index (χ1n) is 7.41. The van der Waals surface area contributed by atoms with Gasteiger partial charge in [-0.2, -0.15) is 5.10 Å². The fraction of sp³-hybridized carbons (Fsp3) is 0.0556. The van der Waals surface area contributed by atoms with Crippen molar-refractivity contribution in [1.82, 2.24) is 15.1 Å². The van der Waals surface area contributed by atoms with Gasteiger partial charge in [0.25, 0.3) is 11.8 Å². The molecule has 0 saturated heterocycles. The van der Waals surface area contributed by atoms with Crippen molar-refractivity contribution in [2.24, 2.45) is 0 Å². The minimum absolute atomic E-state index is 0.199. The summed E-state index contributed by atoms with van der Waals surface area (Å²) in [4.78, 5) is 24.0. The molecule has 3 rings (SSSR count). The standard InChI is InChI=1S/C18H16N4O2/c1-19-17(23)14-4-2-5-15(12-14)21-18(24)13-6-8-16(9-7-13)22-11-3-10-20-22/h2-12H,1H3,(H,19,23)(H,21,24). The maximum Gasteiger partial charge on any atom is 0.255 e. The Labute approximate surface area is 139 Å². The quantitative estimate of drug-likeness (QED) is 0.775. The molecule has 0 spiro atoms. The molecule has 24 heavy (non-hydrogen) atoms. The number of nitrogens with one attached hydrogen (secondary N) is 2. The minimum atomic E-state index is -0.240. The molecule has 0 unspecified atom stereocenters. The lowest BCUT2D eigenvalue weighted by molar-refractivity contribution is 0.0961. The SMILES string of the molecule is CNC(=O)c1cccc(NC(=O)c2ccc(-n3cccn3)cc2)c1. The summed E-state index contributed by atoms with van der Waals surface area (Å²) in [6, 6.07) is 15.7. The summed E-state index contributed by atoms with van der Waals surface area (Å²) in [7, 11) is 1.56. The third-order valence-electron chi connectivity index (χ3n) is 3.51. The third-order valence-corrected chi connectivity index (χ3v) is 3.51. The van der Waals surface area contributed by atoms with E-state index in [1.54, 1.807) is 54.3 Å². The zero-order chi connectivity index (χ0) is 16.9. The van der Waals surface area contributed by atoms with Gasteiger partial charge in [-0.25, -0.2) is 4.68 Å². The summed E-state index contributed by atoms with van der Waals surface area (Å²) in [5.41, 5.74) is 2.45. The van der Waals surface area contributed by atoms with Gasteiger partial charge in [-0.05, 0) is 48.5 Å². The number of carbonyl (C=O) groups is 2. The van der Waals surface area contributed by atoms with Gasteiger partial charge in [-0.3, -0.25) is 9.59 Å². The molecular formula is C18H16N4O2. The maximum atomic E-state index is 12.3. The molecule has 0 radical (unpaired) electrons. The van der Waals surface area contributed by atoms with E-state index in [-0.39, 0.29) is 11.8 Å². The first-order chi connectivity index (χ1) is 11.7. The van der Waals surface area contributed by atoms with E-state index in [0.717, 1.165) is 5.69 Å². The van der Waals surface area contributed by atoms with Gasteiger partial charge < -0.3 is 10.6 Å². The molecule has 0 atom stereocenters. The van der Waals surface area contributed by atoms with Crippen LogP contribution in [0.5, 0.6) is 0 Å². The van der Waals surface area contributed by atoms with Crippen LogP contribution in [0.4, 0.5) is 5.69 Å². The molecule has 120 valence electrons. The molecule has 0 aliphatic heterocycles. The predicted molar refractivity (Wildman–Crippen MR) is 91.3 cm³/mol. The van der Waals surface area contributed by atoms with Crippen molar-refractivity contribution in [3.05, 3.63) is 78.1 Å². The lowest BCUT2D eigenvalue weighted by atomic mass is 10.1. The Bertz CT molecular complexity index is 855. The van der Waals surface area contributed by atoms with E-state index in [1.807, 2.05) is 24.4 Å². The van der Waals surface area contributed by atoms with Crippen molar-refractivity contribution in [3.63, 3.8) is 0 Å². The second kappa shape index (κ2) is 6.78. The van der Waals surface area contributed by atoms with Crippen LogP contribution in [0.25, 0.3) is 5.69 Å². The summed E-state index contributed by atoms with van der Waals surface area (Å²) in [6.07, 6.45) is 3.53. The summed E-state index contributed by atoms with van der Waals surface area (Å²) >= 11 is 0. The molecule has 3 aromatic rings. The molecule has 0 bridgehead atoms. The maximum absolute atomic E-state index is 12.3. The molecule has 0 fully saturated rings. The Morgan fingerprint density at radius 2 is 1.75 bits per heavy atom. The highest BCUT2D eigenvalue weighted by Crippen LogP contribution is 2.14. The summed E-state index contributed by atoms with van der Waals surface area (Å²) in [5.74, 6) is -0.439. The highest BCUT2D eigenvalue weighted by atomic mass is 16.2. The van der Waals surface area contributed by atoms with Gasteiger partial charge in [0.05, 0.1) is 5.69 Å². The number of hydrogen-bond acceptors (Lipinski definition) is 3. The van der Waals surface area contributed by atoms with Crippen molar-refractivity contribution in [1.29, 1.82) is 0 Å². The number of carbonyl (C=O) groups excluding carboxylic acids is 2. The normalized spacial score (nSPS) is 10.2. The Balaban J connectivity index is 1.74. The van der Waals surface area contributed by atoms with E-state index in [9.17, 15) is 9.59 Å². The number of nitrogens with zero attached hydrogens (tertiary/aromatic N) is 2. The number of anilines is 1. The predicted octanol–water partition coefficient (Wildman–Crippen LogP) is 2.48. The van der Waals surface area contributed by atoms with E-state index in [0.29, 0.717) is 16.8 Å². The number of benzene rings is 2. The molecule has 6 heteroatoms. The van der Waals surface area contributed by atoms with Crippen molar-refractivity contribution >= 4 is 17.5 Å². The van der Waals surface area contributed by atoms with Crippen LogP contribution in [0.3, 0.4) is 0 Å². The van der Waals surface area contributed by atoms with Crippen LogP contribution in [0.1, 0.15) is 20.7 Å². The van der Waals surface area contributed by atoms with E-state index in [1.165, 1.54) is 0 Å². The average Bonchev–Trinajstić information content (AvgIpc) is 3.16. The number of amides is 2. The average molecular weight is 320 g/mol. The third kappa shape index (κ3) is 3.33.